The molecule has 0 saturated heterocycles. The minimum absolute atomic E-state index is 0.0778. The van der Waals surface area contributed by atoms with Crippen molar-refractivity contribution < 1.29 is 8.78 Å². The summed E-state index contributed by atoms with van der Waals surface area (Å²) in [4.78, 5) is 12.7. The van der Waals surface area contributed by atoms with Crippen molar-refractivity contribution >= 4 is 22.5 Å². The Labute approximate surface area is 170 Å². The van der Waals surface area contributed by atoms with Crippen molar-refractivity contribution in [3.63, 3.8) is 0 Å². The number of halogens is 3. The maximum absolute atomic E-state index is 14.5. The summed E-state index contributed by atoms with van der Waals surface area (Å²) in [5, 5.41) is 9.35. The molecular formula is C23H13ClF2N2O. The van der Waals surface area contributed by atoms with Crippen molar-refractivity contribution in [1.29, 1.82) is 5.26 Å². The minimum Gasteiger partial charge on any atom is -0.309 e. The van der Waals surface area contributed by atoms with Crippen LogP contribution in [0, 0.1) is 29.9 Å². The van der Waals surface area contributed by atoms with Crippen LogP contribution in [0.25, 0.3) is 27.8 Å². The van der Waals surface area contributed by atoms with Crippen LogP contribution in [-0.4, -0.2) is 4.57 Å². The third-order valence-electron chi connectivity index (χ3n) is 4.66. The molecular weight excluding hydrogens is 394 g/mol. The summed E-state index contributed by atoms with van der Waals surface area (Å²) >= 11 is 6.37. The molecule has 0 aliphatic rings. The van der Waals surface area contributed by atoms with Crippen LogP contribution < -0.4 is 5.43 Å². The molecule has 142 valence electrons. The molecule has 0 saturated carbocycles. The largest absolute Gasteiger partial charge is 0.309 e. The fourth-order valence-corrected chi connectivity index (χ4v) is 3.62. The van der Waals surface area contributed by atoms with E-state index in [2.05, 4.69) is 0 Å². The quantitative estimate of drug-likeness (QED) is 0.424. The molecule has 0 N–H and O–H groups in total. The second-order valence-corrected chi connectivity index (χ2v) is 7.06. The Hall–Kier alpha value is -3.49. The molecule has 6 heteroatoms. The second kappa shape index (κ2) is 7.16. The lowest BCUT2D eigenvalue weighted by Gasteiger charge is -2.19. The molecule has 3 nitrogen and oxygen atoms in total. The molecule has 0 atom stereocenters. The van der Waals surface area contributed by atoms with Gasteiger partial charge in [-0.3, -0.25) is 4.79 Å². The highest BCUT2D eigenvalue weighted by Crippen LogP contribution is 2.33. The lowest BCUT2D eigenvalue weighted by molar-refractivity contribution is 0.591. The third-order valence-corrected chi connectivity index (χ3v) is 4.99. The Kier molecular flexibility index (Phi) is 4.65. The molecule has 29 heavy (non-hydrogen) atoms. The number of nitrogens with zero attached hydrogens (tertiary/aromatic N) is 2. The predicted octanol–water partition coefficient (Wildman–Crippen LogP) is 5.77. The Morgan fingerprint density at radius 2 is 1.83 bits per heavy atom. The maximum atomic E-state index is 14.5. The van der Waals surface area contributed by atoms with Crippen LogP contribution in [0.1, 0.15) is 11.1 Å². The van der Waals surface area contributed by atoms with Crippen molar-refractivity contribution in [2.75, 3.05) is 0 Å². The van der Waals surface area contributed by atoms with E-state index in [4.69, 9.17) is 11.6 Å². The molecule has 3 aromatic carbocycles. The van der Waals surface area contributed by atoms with Gasteiger partial charge < -0.3 is 4.57 Å². The van der Waals surface area contributed by atoms with Gasteiger partial charge in [0.05, 0.1) is 28.2 Å². The van der Waals surface area contributed by atoms with Gasteiger partial charge in [0.2, 0.25) is 0 Å². The molecule has 0 amide bonds. The molecule has 4 rings (SSSR count). The number of rotatable bonds is 2. The number of benzene rings is 3. The van der Waals surface area contributed by atoms with Crippen LogP contribution in [0.5, 0.6) is 0 Å². The van der Waals surface area contributed by atoms with Gasteiger partial charge in [0.25, 0.3) is 0 Å². The zero-order chi connectivity index (χ0) is 20.7. The van der Waals surface area contributed by atoms with Crippen molar-refractivity contribution in [3.8, 4) is 23.0 Å². The van der Waals surface area contributed by atoms with Crippen molar-refractivity contribution in [2.24, 2.45) is 0 Å². The van der Waals surface area contributed by atoms with Gasteiger partial charge in [-0.25, -0.2) is 8.78 Å². The van der Waals surface area contributed by atoms with Crippen LogP contribution in [0.15, 0.2) is 65.5 Å². The van der Waals surface area contributed by atoms with Gasteiger partial charge in [0.15, 0.2) is 5.43 Å². The first-order valence-electron chi connectivity index (χ1n) is 8.71. The zero-order valence-electron chi connectivity index (χ0n) is 15.2. The molecule has 0 unspecified atom stereocenters. The number of hydrogen-bond donors (Lipinski definition) is 0. The van der Waals surface area contributed by atoms with E-state index in [0.717, 1.165) is 11.6 Å². The summed E-state index contributed by atoms with van der Waals surface area (Å²) in [5.41, 5.74) is 2.10. The van der Waals surface area contributed by atoms with Crippen molar-refractivity contribution in [1.82, 2.24) is 4.57 Å². The Morgan fingerprint density at radius 3 is 2.55 bits per heavy atom. The number of aromatic nitrogens is 1. The van der Waals surface area contributed by atoms with E-state index < -0.39 is 17.1 Å². The number of aryl methyl sites for hydroxylation is 1. The van der Waals surface area contributed by atoms with Gasteiger partial charge in [-0.05, 0) is 48.9 Å². The van der Waals surface area contributed by atoms with E-state index in [-0.39, 0.29) is 10.9 Å². The van der Waals surface area contributed by atoms with Gasteiger partial charge >= 0.3 is 0 Å². The molecule has 1 aromatic heterocycles. The number of hydrogen-bond acceptors (Lipinski definition) is 2. The van der Waals surface area contributed by atoms with Crippen LogP contribution in [-0.2, 0) is 0 Å². The third kappa shape index (κ3) is 3.28. The molecule has 0 spiro atoms. The van der Waals surface area contributed by atoms with E-state index >= 15 is 0 Å². The first kappa shape index (κ1) is 18.9. The molecule has 1 heterocycles. The van der Waals surface area contributed by atoms with Crippen molar-refractivity contribution in [3.05, 3.63) is 98.7 Å². The predicted molar refractivity (Wildman–Crippen MR) is 109 cm³/mol. The van der Waals surface area contributed by atoms with Crippen molar-refractivity contribution in [2.45, 2.75) is 6.92 Å². The van der Waals surface area contributed by atoms with E-state index in [9.17, 15) is 18.8 Å². The molecule has 0 radical (unpaired) electrons. The normalized spacial score (nSPS) is 10.9. The molecule has 0 aliphatic carbocycles. The Bertz CT molecular complexity index is 1390. The number of nitriles is 1. The van der Waals surface area contributed by atoms with Crippen LogP contribution in [0.3, 0.4) is 0 Å². The first-order valence-corrected chi connectivity index (χ1v) is 9.08. The summed E-state index contributed by atoms with van der Waals surface area (Å²) in [6, 6.07) is 17.1. The minimum atomic E-state index is -0.935. The van der Waals surface area contributed by atoms with Gasteiger partial charge in [-0.1, -0.05) is 23.7 Å². The van der Waals surface area contributed by atoms with E-state index in [1.165, 1.54) is 6.07 Å². The summed E-state index contributed by atoms with van der Waals surface area (Å²) in [7, 11) is 0. The fourth-order valence-electron chi connectivity index (χ4n) is 3.41. The average molecular weight is 407 g/mol. The second-order valence-electron chi connectivity index (χ2n) is 6.66. The topological polar surface area (TPSA) is 45.8 Å². The van der Waals surface area contributed by atoms with Gasteiger partial charge in [-0.2, -0.15) is 5.26 Å². The van der Waals surface area contributed by atoms with Gasteiger partial charge in [0.1, 0.15) is 11.6 Å². The standard InChI is InChI=1S/C23H13ClF2N2O/c1-13-3-2-4-16(7-13)28-20(17-8-14(12-27)5-6-18(17)24)11-22(29)23-19(26)9-15(25)10-21(23)28/h2-11H,1H3. The van der Waals surface area contributed by atoms with E-state index in [1.54, 1.807) is 34.9 Å². The number of fused-ring (bicyclic) bond motifs is 1. The summed E-state index contributed by atoms with van der Waals surface area (Å²) in [5.74, 6) is -1.74. The van der Waals surface area contributed by atoms with Crippen LogP contribution in [0.4, 0.5) is 8.78 Å². The average Bonchev–Trinajstić information content (AvgIpc) is 2.67. The maximum Gasteiger partial charge on any atom is 0.193 e. The smallest absolute Gasteiger partial charge is 0.193 e. The monoisotopic (exact) mass is 406 g/mol. The summed E-state index contributed by atoms with van der Waals surface area (Å²) < 4.78 is 30.2. The summed E-state index contributed by atoms with van der Waals surface area (Å²) in [6.45, 7) is 1.89. The van der Waals surface area contributed by atoms with E-state index in [0.29, 0.717) is 33.6 Å². The van der Waals surface area contributed by atoms with Gasteiger partial charge in [0, 0.05) is 28.4 Å². The number of pyridine rings is 1. The highest BCUT2D eigenvalue weighted by Gasteiger charge is 2.18. The highest BCUT2D eigenvalue weighted by molar-refractivity contribution is 6.33. The molecule has 0 bridgehead atoms. The lowest BCUT2D eigenvalue weighted by Crippen LogP contribution is -2.13. The lowest BCUT2D eigenvalue weighted by atomic mass is 10.0. The molecule has 0 fully saturated rings. The Morgan fingerprint density at radius 1 is 1.03 bits per heavy atom. The SMILES string of the molecule is Cc1cccc(-n2c(-c3cc(C#N)ccc3Cl)cc(=O)c3c(F)cc(F)cc32)c1. The van der Waals surface area contributed by atoms with Crippen LogP contribution in [0.2, 0.25) is 5.02 Å². The zero-order valence-corrected chi connectivity index (χ0v) is 16.0. The van der Waals surface area contributed by atoms with Gasteiger partial charge in [-0.15, -0.1) is 0 Å². The summed E-state index contributed by atoms with van der Waals surface area (Å²) in [6.07, 6.45) is 0. The van der Waals surface area contributed by atoms with Crippen LogP contribution >= 0.6 is 11.6 Å². The first-order chi connectivity index (χ1) is 13.9. The Balaban J connectivity index is 2.23. The van der Waals surface area contributed by atoms with E-state index in [1.807, 2.05) is 25.1 Å². The molecule has 0 aliphatic heterocycles. The fraction of sp³-hybridized carbons (Fsp3) is 0.0435. The highest BCUT2D eigenvalue weighted by atomic mass is 35.5. The molecule has 4 aromatic rings.